The van der Waals surface area contributed by atoms with Crippen molar-refractivity contribution in [3.05, 3.63) is 131 Å². The van der Waals surface area contributed by atoms with Crippen molar-refractivity contribution in [1.29, 1.82) is 0 Å². The monoisotopic (exact) mass is 521 g/mol. The number of benzene rings is 4. The Hall–Kier alpha value is -3.80. The third-order valence-electron chi connectivity index (χ3n) is 6.08. The zero-order valence-corrected chi connectivity index (χ0v) is 22.1. The van der Waals surface area contributed by atoms with E-state index in [1.165, 1.54) is 4.90 Å². The molecule has 1 heterocycles. The lowest BCUT2D eigenvalue weighted by Gasteiger charge is -2.14. The van der Waals surface area contributed by atoms with Crippen LogP contribution in [0, 0.1) is 0 Å². The van der Waals surface area contributed by atoms with E-state index in [1.54, 1.807) is 23.1 Å². The molecule has 1 amide bonds. The van der Waals surface area contributed by atoms with E-state index in [-0.39, 0.29) is 5.91 Å². The number of rotatable bonds is 9. The van der Waals surface area contributed by atoms with Crippen molar-refractivity contribution in [2.24, 2.45) is 0 Å². The van der Waals surface area contributed by atoms with Crippen LogP contribution in [0.15, 0.2) is 119 Å². The van der Waals surface area contributed by atoms with Crippen LogP contribution in [0.5, 0.6) is 5.75 Å². The Balaban J connectivity index is 1.37. The fourth-order valence-electron chi connectivity index (χ4n) is 4.11. The Morgan fingerprint density at radius 1 is 0.811 bits per heavy atom. The standard InChI is InChI=1S/C32H27NO2S2/c1-36-27-16-17-30(35-22-24-10-6-3-7-11-24)29(20-27)28-18-19-37-31(28)25-12-14-26(15-13-25)32(34)33-21-23-8-4-2-5-9-23/h2-20H,21-22H2,1H3,(H,33,34). The van der Waals surface area contributed by atoms with Crippen LogP contribution < -0.4 is 10.1 Å². The van der Waals surface area contributed by atoms with Gasteiger partial charge in [0.15, 0.2) is 0 Å². The first-order chi connectivity index (χ1) is 18.2. The summed E-state index contributed by atoms with van der Waals surface area (Å²) in [6, 6.07) is 36.5. The van der Waals surface area contributed by atoms with Crippen LogP contribution in [-0.4, -0.2) is 12.2 Å². The van der Waals surface area contributed by atoms with Crippen molar-refractivity contribution in [2.75, 3.05) is 6.26 Å². The Labute approximate surface area is 226 Å². The summed E-state index contributed by atoms with van der Waals surface area (Å²) in [5.74, 6) is 0.782. The topological polar surface area (TPSA) is 38.3 Å². The first-order valence-electron chi connectivity index (χ1n) is 12.1. The predicted molar refractivity (Wildman–Crippen MR) is 155 cm³/mol. The van der Waals surface area contributed by atoms with Crippen LogP contribution in [0.4, 0.5) is 0 Å². The molecular formula is C32H27NO2S2. The normalized spacial score (nSPS) is 10.7. The van der Waals surface area contributed by atoms with Crippen molar-refractivity contribution < 1.29 is 9.53 Å². The quantitative estimate of drug-likeness (QED) is 0.198. The largest absolute Gasteiger partial charge is 0.488 e. The van der Waals surface area contributed by atoms with Crippen molar-refractivity contribution in [3.63, 3.8) is 0 Å². The fourth-order valence-corrected chi connectivity index (χ4v) is 5.46. The molecule has 5 aromatic rings. The number of carbonyl (C=O) groups is 1. The van der Waals surface area contributed by atoms with Crippen molar-refractivity contribution >= 4 is 29.0 Å². The lowest BCUT2D eigenvalue weighted by atomic mass is 10.0. The van der Waals surface area contributed by atoms with Crippen molar-refractivity contribution in [2.45, 2.75) is 18.0 Å². The minimum Gasteiger partial charge on any atom is -0.488 e. The Morgan fingerprint density at radius 2 is 1.51 bits per heavy atom. The maximum absolute atomic E-state index is 12.7. The minimum atomic E-state index is -0.0777. The van der Waals surface area contributed by atoms with Gasteiger partial charge in [-0.15, -0.1) is 23.1 Å². The first-order valence-corrected chi connectivity index (χ1v) is 14.2. The molecule has 0 aliphatic rings. The van der Waals surface area contributed by atoms with Crippen LogP contribution in [-0.2, 0) is 13.2 Å². The summed E-state index contributed by atoms with van der Waals surface area (Å²) in [6.45, 7) is 1.02. The van der Waals surface area contributed by atoms with E-state index in [1.807, 2.05) is 72.8 Å². The van der Waals surface area contributed by atoms with Gasteiger partial charge < -0.3 is 10.1 Å². The molecule has 37 heavy (non-hydrogen) atoms. The smallest absolute Gasteiger partial charge is 0.251 e. The Bertz CT molecular complexity index is 1460. The highest BCUT2D eigenvalue weighted by atomic mass is 32.2. The number of hydrogen-bond acceptors (Lipinski definition) is 4. The summed E-state index contributed by atoms with van der Waals surface area (Å²) < 4.78 is 6.29. The van der Waals surface area contributed by atoms with E-state index in [0.717, 1.165) is 38.4 Å². The average Bonchev–Trinajstić information content (AvgIpc) is 3.46. The molecule has 0 saturated carbocycles. The molecule has 4 aromatic carbocycles. The highest BCUT2D eigenvalue weighted by Gasteiger charge is 2.16. The SMILES string of the molecule is CSc1ccc(OCc2ccccc2)c(-c2ccsc2-c2ccc(C(=O)NCc3ccccc3)cc2)c1. The van der Waals surface area contributed by atoms with Crippen LogP contribution in [0.2, 0.25) is 0 Å². The Kier molecular flexibility index (Phi) is 8.04. The molecule has 0 bridgehead atoms. The zero-order chi connectivity index (χ0) is 25.5. The van der Waals surface area contributed by atoms with E-state index < -0.39 is 0 Å². The maximum atomic E-state index is 12.7. The third-order valence-corrected chi connectivity index (χ3v) is 7.77. The Morgan fingerprint density at radius 3 is 2.22 bits per heavy atom. The summed E-state index contributed by atoms with van der Waals surface area (Å²) in [7, 11) is 0. The summed E-state index contributed by atoms with van der Waals surface area (Å²) in [5, 5.41) is 5.11. The lowest BCUT2D eigenvalue weighted by molar-refractivity contribution is 0.0951. The van der Waals surface area contributed by atoms with Gasteiger partial charge in [-0.3, -0.25) is 4.79 Å². The number of thiophene rings is 1. The second kappa shape index (κ2) is 12.0. The van der Waals surface area contributed by atoms with Gasteiger partial charge in [0, 0.05) is 33.0 Å². The molecule has 0 saturated heterocycles. The molecular weight excluding hydrogens is 494 g/mol. The molecule has 0 fully saturated rings. The number of ether oxygens (including phenoxy) is 1. The molecule has 0 aliphatic carbocycles. The number of hydrogen-bond donors (Lipinski definition) is 1. The summed E-state index contributed by atoms with van der Waals surface area (Å²) in [6.07, 6.45) is 2.08. The number of amides is 1. The first kappa shape index (κ1) is 24.9. The van der Waals surface area contributed by atoms with Crippen molar-refractivity contribution in [1.82, 2.24) is 5.32 Å². The third kappa shape index (κ3) is 6.13. The van der Waals surface area contributed by atoms with Crippen LogP contribution >= 0.6 is 23.1 Å². The van der Waals surface area contributed by atoms with Gasteiger partial charge in [-0.05, 0) is 64.7 Å². The number of thioether (sulfide) groups is 1. The van der Waals surface area contributed by atoms with E-state index in [2.05, 4.69) is 53.4 Å². The van der Waals surface area contributed by atoms with Crippen LogP contribution in [0.1, 0.15) is 21.5 Å². The summed E-state index contributed by atoms with van der Waals surface area (Å²) in [5.41, 5.74) is 6.14. The van der Waals surface area contributed by atoms with Gasteiger partial charge in [0.2, 0.25) is 0 Å². The van der Waals surface area contributed by atoms with Gasteiger partial charge in [0.25, 0.3) is 5.91 Å². The molecule has 1 N–H and O–H groups in total. The van der Waals surface area contributed by atoms with Gasteiger partial charge in [-0.1, -0.05) is 72.8 Å². The molecule has 0 unspecified atom stereocenters. The average molecular weight is 522 g/mol. The van der Waals surface area contributed by atoms with E-state index in [0.29, 0.717) is 18.7 Å². The highest BCUT2D eigenvalue weighted by molar-refractivity contribution is 7.98. The molecule has 0 atom stereocenters. The van der Waals surface area contributed by atoms with E-state index in [9.17, 15) is 4.79 Å². The number of nitrogens with one attached hydrogen (secondary N) is 1. The minimum absolute atomic E-state index is 0.0777. The molecule has 5 heteroatoms. The molecule has 0 radical (unpaired) electrons. The van der Waals surface area contributed by atoms with Gasteiger partial charge in [0.1, 0.15) is 12.4 Å². The van der Waals surface area contributed by atoms with E-state index in [4.69, 9.17) is 4.74 Å². The van der Waals surface area contributed by atoms with Gasteiger partial charge in [-0.25, -0.2) is 0 Å². The molecule has 1 aromatic heterocycles. The molecule has 184 valence electrons. The van der Waals surface area contributed by atoms with Gasteiger partial charge >= 0.3 is 0 Å². The van der Waals surface area contributed by atoms with E-state index >= 15 is 0 Å². The summed E-state index contributed by atoms with van der Waals surface area (Å²) >= 11 is 3.41. The molecule has 0 spiro atoms. The van der Waals surface area contributed by atoms with Crippen LogP contribution in [0.25, 0.3) is 21.6 Å². The fraction of sp³-hybridized carbons (Fsp3) is 0.0938. The molecule has 0 aliphatic heterocycles. The molecule has 5 rings (SSSR count). The molecule has 3 nitrogen and oxygen atoms in total. The predicted octanol–water partition coefficient (Wildman–Crippen LogP) is 8.31. The lowest BCUT2D eigenvalue weighted by Crippen LogP contribution is -2.22. The van der Waals surface area contributed by atoms with Crippen LogP contribution in [0.3, 0.4) is 0 Å². The number of carbonyl (C=O) groups excluding carboxylic acids is 1. The second-order valence-corrected chi connectivity index (χ2v) is 10.3. The zero-order valence-electron chi connectivity index (χ0n) is 20.5. The summed E-state index contributed by atoms with van der Waals surface area (Å²) in [4.78, 5) is 15.0. The van der Waals surface area contributed by atoms with Crippen molar-refractivity contribution in [3.8, 4) is 27.3 Å². The second-order valence-electron chi connectivity index (χ2n) is 8.55. The van der Waals surface area contributed by atoms with Gasteiger partial charge in [-0.2, -0.15) is 0 Å². The van der Waals surface area contributed by atoms with Gasteiger partial charge in [0.05, 0.1) is 0 Å². The maximum Gasteiger partial charge on any atom is 0.251 e. The highest BCUT2D eigenvalue weighted by Crippen LogP contribution is 2.42.